The van der Waals surface area contributed by atoms with Gasteiger partial charge in [-0.15, -0.1) is 0 Å². The smallest absolute Gasteiger partial charge is 0.118 e. The Bertz CT molecular complexity index is 344. The SMILES string of the molecule is COc1ccc(CC2(CO)COCCN2)cc1. The third kappa shape index (κ3) is 2.97. The molecular weight excluding hydrogens is 218 g/mol. The molecule has 1 aromatic carbocycles. The van der Waals surface area contributed by atoms with E-state index in [0.29, 0.717) is 13.2 Å². The predicted octanol–water partition coefficient (Wildman–Crippen LogP) is 0.589. The lowest BCUT2D eigenvalue weighted by molar-refractivity contribution is -0.000721. The van der Waals surface area contributed by atoms with Gasteiger partial charge in [0.25, 0.3) is 0 Å². The predicted molar refractivity (Wildman–Crippen MR) is 65.3 cm³/mol. The molecule has 0 aromatic heterocycles. The first-order valence-electron chi connectivity index (χ1n) is 5.85. The second kappa shape index (κ2) is 5.49. The van der Waals surface area contributed by atoms with Crippen LogP contribution in [0.1, 0.15) is 5.56 Å². The van der Waals surface area contributed by atoms with Crippen LogP contribution in [0.25, 0.3) is 0 Å². The molecule has 2 rings (SSSR count). The largest absolute Gasteiger partial charge is 0.497 e. The van der Waals surface area contributed by atoms with Crippen LogP contribution in [0.4, 0.5) is 0 Å². The number of morpholine rings is 1. The molecule has 2 N–H and O–H groups in total. The van der Waals surface area contributed by atoms with Crippen molar-refractivity contribution in [3.63, 3.8) is 0 Å². The molecule has 4 heteroatoms. The van der Waals surface area contributed by atoms with Crippen LogP contribution in [0.5, 0.6) is 5.75 Å². The van der Waals surface area contributed by atoms with Crippen LogP contribution in [0.3, 0.4) is 0 Å². The number of hydrogen-bond donors (Lipinski definition) is 2. The molecule has 94 valence electrons. The highest BCUT2D eigenvalue weighted by Crippen LogP contribution is 2.19. The third-order valence-electron chi connectivity index (χ3n) is 3.13. The van der Waals surface area contributed by atoms with Crippen LogP contribution in [0.15, 0.2) is 24.3 Å². The van der Waals surface area contributed by atoms with Crippen molar-refractivity contribution in [2.75, 3.05) is 33.5 Å². The highest BCUT2D eigenvalue weighted by molar-refractivity contribution is 5.28. The van der Waals surface area contributed by atoms with Gasteiger partial charge >= 0.3 is 0 Å². The van der Waals surface area contributed by atoms with E-state index in [4.69, 9.17) is 9.47 Å². The Morgan fingerprint density at radius 2 is 2.18 bits per heavy atom. The van der Waals surface area contributed by atoms with Gasteiger partial charge in [-0.3, -0.25) is 0 Å². The van der Waals surface area contributed by atoms with E-state index in [1.165, 1.54) is 0 Å². The Kier molecular flexibility index (Phi) is 3.99. The molecule has 1 aliphatic rings. The van der Waals surface area contributed by atoms with Gasteiger partial charge in [0.15, 0.2) is 0 Å². The number of nitrogens with one attached hydrogen (secondary N) is 1. The Morgan fingerprint density at radius 3 is 2.71 bits per heavy atom. The van der Waals surface area contributed by atoms with Crippen LogP contribution in [-0.2, 0) is 11.2 Å². The van der Waals surface area contributed by atoms with Crippen molar-refractivity contribution in [1.29, 1.82) is 0 Å². The lowest BCUT2D eigenvalue weighted by Crippen LogP contribution is -2.58. The molecule has 0 saturated carbocycles. The number of methoxy groups -OCH3 is 1. The van der Waals surface area contributed by atoms with E-state index in [1.807, 2.05) is 24.3 Å². The van der Waals surface area contributed by atoms with Gasteiger partial charge in [-0.05, 0) is 24.1 Å². The highest BCUT2D eigenvalue weighted by atomic mass is 16.5. The van der Waals surface area contributed by atoms with Crippen molar-refractivity contribution in [2.45, 2.75) is 12.0 Å². The normalized spacial score (nSPS) is 24.6. The Morgan fingerprint density at radius 1 is 1.41 bits per heavy atom. The van der Waals surface area contributed by atoms with E-state index >= 15 is 0 Å². The maximum absolute atomic E-state index is 9.54. The molecular formula is C13H19NO3. The highest BCUT2D eigenvalue weighted by Gasteiger charge is 2.31. The van der Waals surface area contributed by atoms with Crippen LogP contribution < -0.4 is 10.1 Å². The number of benzene rings is 1. The summed E-state index contributed by atoms with van der Waals surface area (Å²) in [6.45, 7) is 2.13. The minimum Gasteiger partial charge on any atom is -0.497 e. The lowest BCUT2D eigenvalue weighted by Gasteiger charge is -2.36. The number of aliphatic hydroxyl groups excluding tert-OH is 1. The molecule has 1 aliphatic heterocycles. The van der Waals surface area contributed by atoms with E-state index in [1.54, 1.807) is 7.11 Å². The van der Waals surface area contributed by atoms with Gasteiger partial charge < -0.3 is 19.9 Å². The average Bonchev–Trinajstić information content (AvgIpc) is 2.41. The molecule has 0 spiro atoms. The van der Waals surface area contributed by atoms with E-state index in [9.17, 15) is 5.11 Å². The maximum atomic E-state index is 9.54. The van der Waals surface area contributed by atoms with Crippen LogP contribution in [-0.4, -0.2) is 44.1 Å². The Hall–Kier alpha value is -1.10. The van der Waals surface area contributed by atoms with E-state index in [-0.39, 0.29) is 12.1 Å². The molecule has 1 unspecified atom stereocenters. The molecule has 1 saturated heterocycles. The summed E-state index contributed by atoms with van der Waals surface area (Å²) in [5.41, 5.74) is 0.824. The minimum absolute atomic E-state index is 0.0824. The summed E-state index contributed by atoms with van der Waals surface area (Å²) in [7, 11) is 1.65. The molecule has 1 aromatic rings. The van der Waals surface area contributed by atoms with Gasteiger partial charge in [0, 0.05) is 6.54 Å². The molecule has 17 heavy (non-hydrogen) atoms. The summed E-state index contributed by atoms with van der Waals surface area (Å²) in [5, 5.41) is 12.9. The molecule has 0 radical (unpaired) electrons. The average molecular weight is 237 g/mol. The van der Waals surface area contributed by atoms with Crippen LogP contribution in [0.2, 0.25) is 0 Å². The zero-order valence-corrected chi connectivity index (χ0v) is 10.1. The Labute approximate surface area is 102 Å². The minimum atomic E-state index is -0.340. The van der Waals surface area contributed by atoms with Gasteiger partial charge in [-0.25, -0.2) is 0 Å². The Balaban J connectivity index is 2.06. The van der Waals surface area contributed by atoms with E-state index in [2.05, 4.69) is 5.32 Å². The first kappa shape index (κ1) is 12.4. The number of ether oxygens (including phenoxy) is 2. The molecule has 4 nitrogen and oxygen atoms in total. The fraction of sp³-hybridized carbons (Fsp3) is 0.538. The van der Waals surface area contributed by atoms with Crippen molar-refractivity contribution in [2.24, 2.45) is 0 Å². The summed E-state index contributed by atoms with van der Waals surface area (Å²) in [6.07, 6.45) is 0.757. The number of aliphatic hydroxyl groups is 1. The molecule has 1 heterocycles. The molecule has 0 bridgehead atoms. The van der Waals surface area contributed by atoms with Gasteiger partial charge in [0.1, 0.15) is 5.75 Å². The second-order valence-corrected chi connectivity index (χ2v) is 4.44. The van der Waals surface area contributed by atoms with E-state index < -0.39 is 0 Å². The zero-order chi connectivity index (χ0) is 12.1. The third-order valence-corrected chi connectivity index (χ3v) is 3.13. The van der Waals surface area contributed by atoms with Gasteiger partial charge in [0.05, 0.1) is 32.5 Å². The van der Waals surface area contributed by atoms with E-state index in [0.717, 1.165) is 24.3 Å². The van der Waals surface area contributed by atoms with Crippen molar-refractivity contribution >= 4 is 0 Å². The standard InChI is InChI=1S/C13H19NO3/c1-16-12-4-2-11(3-5-12)8-13(9-15)10-17-7-6-14-13/h2-5,14-15H,6-10H2,1H3. The summed E-state index contributed by atoms with van der Waals surface area (Å²) in [4.78, 5) is 0. The second-order valence-electron chi connectivity index (χ2n) is 4.44. The fourth-order valence-electron chi connectivity index (χ4n) is 2.11. The van der Waals surface area contributed by atoms with Gasteiger partial charge in [-0.2, -0.15) is 0 Å². The lowest BCUT2D eigenvalue weighted by atomic mass is 9.91. The molecule has 0 aliphatic carbocycles. The molecule has 0 amide bonds. The summed E-state index contributed by atoms with van der Waals surface area (Å²) in [6, 6.07) is 7.91. The zero-order valence-electron chi connectivity index (χ0n) is 10.1. The summed E-state index contributed by atoms with van der Waals surface area (Å²) in [5.74, 6) is 0.847. The van der Waals surface area contributed by atoms with Gasteiger partial charge in [0.2, 0.25) is 0 Å². The monoisotopic (exact) mass is 237 g/mol. The quantitative estimate of drug-likeness (QED) is 0.804. The van der Waals surface area contributed by atoms with Crippen molar-refractivity contribution < 1.29 is 14.6 Å². The first-order chi connectivity index (χ1) is 8.28. The van der Waals surface area contributed by atoms with Gasteiger partial charge in [-0.1, -0.05) is 12.1 Å². The number of rotatable bonds is 4. The molecule has 1 fully saturated rings. The topological polar surface area (TPSA) is 50.7 Å². The van der Waals surface area contributed by atoms with Crippen molar-refractivity contribution in [1.82, 2.24) is 5.32 Å². The van der Waals surface area contributed by atoms with Crippen molar-refractivity contribution in [3.05, 3.63) is 29.8 Å². The van der Waals surface area contributed by atoms with Crippen LogP contribution >= 0.6 is 0 Å². The summed E-state index contributed by atoms with van der Waals surface area (Å²) < 4.78 is 10.6. The number of hydrogen-bond acceptors (Lipinski definition) is 4. The van der Waals surface area contributed by atoms with Crippen molar-refractivity contribution in [3.8, 4) is 5.75 Å². The van der Waals surface area contributed by atoms with Crippen LogP contribution in [0, 0.1) is 0 Å². The fourth-order valence-corrected chi connectivity index (χ4v) is 2.11. The first-order valence-corrected chi connectivity index (χ1v) is 5.85. The summed E-state index contributed by atoms with van der Waals surface area (Å²) >= 11 is 0. The maximum Gasteiger partial charge on any atom is 0.118 e. The molecule has 1 atom stereocenters.